The summed E-state index contributed by atoms with van der Waals surface area (Å²) in [5.41, 5.74) is 7.00. The lowest BCUT2D eigenvalue weighted by atomic mass is 10.2. The first-order valence-electron chi connectivity index (χ1n) is 5.79. The Balaban J connectivity index is 2.15. The Labute approximate surface area is 112 Å². The van der Waals surface area contributed by atoms with Crippen LogP contribution in [-0.4, -0.2) is 26.0 Å². The van der Waals surface area contributed by atoms with Crippen LogP contribution in [-0.2, 0) is 10.0 Å². The first-order valence-corrected chi connectivity index (χ1v) is 8.50. The van der Waals surface area contributed by atoms with Crippen LogP contribution in [0.25, 0.3) is 0 Å². The molecule has 1 saturated carbocycles. The van der Waals surface area contributed by atoms with Crippen LogP contribution >= 0.6 is 11.8 Å². The van der Waals surface area contributed by atoms with E-state index in [1.807, 2.05) is 13.2 Å². The predicted octanol–water partition coefficient (Wildman–Crippen LogP) is 1.75. The molecule has 1 aromatic rings. The fourth-order valence-corrected chi connectivity index (χ4v) is 3.92. The van der Waals surface area contributed by atoms with E-state index >= 15 is 0 Å². The number of hydrogen-bond acceptors (Lipinski definition) is 4. The maximum absolute atomic E-state index is 12.2. The zero-order valence-electron chi connectivity index (χ0n) is 10.6. The van der Waals surface area contributed by atoms with Crippen molar-refractivity contribution in [2.24, 2.45) is 0 Å². The molecule has 0 saturated heterocycles. The topological polar surface area (TPSA) is 72.2 Å². The minimum atomic E-state index is -3.45. The van der Waals surface area contributed by atoms with Gasteiger partial charge in [0.25, 0.3) is 0 Å². The molecule has 4 nitrogen and oxygen atoms in total. The van der Waals surface area contributed by atoms with Crippen molar-refractivity contribution >= 4 is 27.5 Å². The molecule has 0 aliphatic heterocycles. The number of aryl methyl sites for hydroxylation is 1. The summed E-state index contributed by atoms with van der Waals surface area (Å²) in [4.78, 5) is 0.247. The number of benzene rings is 1. The highest BCUT2D eigenvalue weighted by Gasteiger charge is 2.42. The molecule has 100 valence electrons. The lowest BCUT2D eigenvalue weighted by Gasteiger charge is -2.14. The molecule has 3 N–H and O–H groups in total. The van der Waals surface area contributed by atoms with Gasteiger partial charge in [-0.25, -0.2) is 13.1 Å². The van der Waals surface area contributed by atoms with Gasteiger partial charge in [-0.1, -0.05) is 0 Å². The van der Waals surface area contributed by atoms with Crippen molar-refractivity contribution in [3.63, 3.8) is 0 Å². The molecular formula is C12H18N2O2S2. The summed E-state index contributed by atoms with van der Waals surface area (Å²) in [7, 11) is -3.45. The quantitative estimate of drug-likeness (QED) is 0.809. The molecule has 0 spiro atoms. The SMILES string of the molecule is CSC1(CNS(=O)(=O)c2cc(C)cc(N)c2)CC1. The molecule has 18 heavy (non-hydrogen) atoms. The first-order chi connectivity index (χ1) is 8.37. The highest BCUT2D eigenvalue weighted by atomic mass is 32.2. The zero-order chi connectivity index (χ0) is 13.4. The summed E-state index contributed by atoms with van der Waals surface area (Å²) in [6, 6.07) is 4.88. The van der Waals surface area contributed by atoms with Gasteiger partial charge in [0.1, 0.15) is 0 Å². The molecule has 0 atom stereocenters. The molecule has 2 rings (SSSR count). The van der Waals surface area contributed by atoms with Crippen molar-refractivity contribution in [2.45, 2.75) is 29.4 Å². The Morgan fingerprint density at radius 2 is 2.06 bits per heavy atom. The van der Waals surface area contributed by atoms with Crippen LogP contribution in [0, 0.1) is 6.92 Å². The zero-order valence-corrected chi connectivity index (χ0v) is 12.2. The maximum Gasteiger partial charge on any atom is 0.240 e. The van der Waals surface area contributed by atoms with E-state index in [1.165, 1.54) is 6.07 Å². The van der Waals surface area contributed by atoms with Gasteiger partial charge in [-0.15, -0.1) is 0 Å². The minimum Gasteiger partial charge on any atom is -0.399 e. The van der Waals surface area contributed by atoms with Gasteiger partial charge >= 0.3 is 0 Å². The van der Waals surface area contributed by atoms with E-state index in [0.717, 1.165) is 18.4 Å². The van der Waals surface area contributed by atoms with Crippen molar-refractivity contribution in [1.29, 1.82) is 0 Å². The van der Waals surface area contributed by atoms with Gasteiger partial charge in [-0.3, -0.25) is 0 Å². The standard InChI is InChI=1S/C12H18N2O2S2/c1-9-5-10(13)7-11(6-9)18(15,16)14-8-12(17-2)3-4-12/h5-7,14H,3-4,8,13H2,1-2H3. The predicted molar refractivity (Wildman–Crippen MR) is 76.3 cm³/mol. The van der Waals surface area contributed by atoms with Crippen LogP contribution in [0.4, 0.5) is 5.69 Å². The van der Waals surface area contributed by atoms with Gasteiger partial charge in [0.15, 0.2) is 0 Å². The minimum absolute atomic E-state index is 0.114. The molecular weight excluding hydrogens is 268 g/mol. The number of nitrogens with two attached hydrogens (primary N) is 1. The summed E-state index contributed by atoms with van der Waals surface area (Å²) < 4.78 is 27.1. The van der Waals surface area contributed by atoms with Gasteiger partial charge < -0.3 is 5.73 Å². The fourth-order valence-electron chi connectivity index (χ4n) is 1.83. The van der Waals surface area contributed by atoms with Crippen LogP contribution < -0.4 is 10.5 Å². The van der Waals surface area contributed by atoms with E-state index < -0.39 is 10.0 Å². The van der Waals surface area contributed by atoms with Gasteiger partial charge in [0, 0.05) is 17.0 Å². The number of anilines is 1. The third kappa shape index (κ3) is 2.99. The number of hydrogen-bond donors (Lipinski definition) is 2. The fraction of sp³-hybridized carbons (Fsp3) is 0.500. The second-order valence-corrected chi connectivity index (χ2v) is 7.83. The lowest BCUT2D eigenvalue weighted by molar-refractivity contribution is 0.579. The molecule has 1 aliphatic carbocycles. The van der Waals surface area contributed by atoms with Gasteiger partial charge in [-0.2, -0.15) is 11.8 Å². The van der Waals surface area contributed by atoms with Gasteiger partial charge in [0.05, 0.1) is 4.90 Å². The van der Waals surface area contributed by atoms with Crippen LogP contribution in [0.15, 0.2) is 23.1 Å². The van der Waals surface area contributed by atoms with Gasteiger partial charge in [0.2, 0.25) is 10.0 Å². The largest absolute Gasteiger partial charge is 0.399 e. The Hall–Kier alpha value is -0.720. The molecule has 1 aromatic carbocycles. The Morgan fingerprint density at radius 1 is 1.39 bits per heavy atom. The van der Waals surface area contributed by atoms with Crippen LogP contribution in [0.3, 0.4) is 0 Å². The Morgan fingerprint density at radius 3 is 2.56 bits per heavy atom. The van der Waals surface area contributed by atoms with Crippen molar-refractivity contribution < 1.29 is 8.42 Å². The van der Waals surface area contributed by atoms with E-state index in [1.54, 1.807) is 23.9 Å². The maximum atomic E-state index is 12.2. The summed E-state index contributed by atoms with van der Waals surface area (Å²) >= 11 is 1.73. The van der Waals surface area contributed by atoms with E-state index in [0.29, 0.717) is 12.2 Å². The summed E-state index contributed by atoms with van der Waals surface area (Å²) in [6.45, 7) is 2.32. The van der Waals surface area contributed by atoms with Crippen LogP contribution in [0.5, 0.6) is 0 Å². The number of nitrogen functional groups attached to an aromatic ring is 1. The average Bonchev–Trinajstić information content (AvgIpc) is 3.06. The first kappa shape index (κ1) is 13.7. The molecule has 0 amide bonds. The van der Waals surface area contributed by atoms with E-state index in [-0.39, 0.29) is 9.64 Å². The molecule has 0 heterocycles. The number of sulfonamides is 1. The Bertz CT molecular complexity index is 531. The molecule has 0 bridgehead atoms. The van der Waals surface area contributed by atoms with Crippen molar-refractivity contribution in [1.82, 2.24) is 4.72 Å². The number of nitrogens with one attached hydrogen (secondary N) is 1. The molecule has 0 radical (unpaired) electrons. The second-order valence-electron chi connectivity index (χ2n) is 4.79. The van der Waals surface area contributed by atoms with Crippen molar-refractivity contribution in [3.8, 4) is 0 Å². The van der Waals surface area contributed by atoms with E-state index in [9.17, 15) is 8.42 Å². The third-order valence-corrected chi connectivity index (χ3v) is 6.01. The van der Waals surface area contributed by atoms with Crippen molar-refractivity contribution in [3.05, 3.63) is 23.8 Å². The number of thioether (sulfide) groups is 1. The average molecular weight is 286 g/mol. The molecule has 0 unspecified atom stereocenters. The summed E-state index contributed by atoms with van der Waals surface area (Å²) in [6.07, 6.45) is 4.17. The van der Waals surface area contributed by atoms with Gasteiger partial charge in [-0.05, 0) is 49.8 Å². The third-order valence-electron chi connectivity index (χ3n) is 3.21. The lowest BCUT2D eigenvalue weighted by Crippen LogP contribution is -2.31. The monoisotopic (exact) mass is 286 g/mol. The molecule has 6 heteroatoms. The van der Waals surface area contributed by atoms with Crippen LogP contribution in [0.2, 0.25) is 0 Å². The Kier molecular flexibility index (Phi) is 3.62. The summed E-state index contributed by atoms with van der Waals surface area (Å²) in [5, 5.41) is 0. The number of rotatable bonds is 5. The van der Waals surface area contributed by atoms with Crippen LogP contribution in [0.1, 0.15) is 18.4 Å². The normalized spacial score (nSPS) is 17.7. The second kappa shape index (κ2) is 4.75. The smallest absolute Gasteiger partial charge is 0.240 e. The van der Waals surface area contributed by atoms with Crippen molar-refractivity contribution in [2.75, 3.05) is 18.5 Å². The molecule has 0 aromatic heterocycles. The van der Waals surface area contributed by atoms with E-state index in [2.05, 4.69) is 4.72 Å². The highest BCUT2D eigenvalue weighted by molar-refractivity contribution is 8.00. The highest BCUT2D eigenvalue weighted by Crippen LogP contribution is 2.46. The van der Waals surface area contributed by atoms with E-state index in [4.69, 9.17) is 5.73 Å². The summed E-state index contributed by atoms with van der Waals surface area (Å²) in [5.74, 6) is 0. The molecule has 1 fully saturated rings. The molecule has 1 aliphatic rings.